The molecular formula is C17H32N2O. The first-order chi connectivity index (χ1) is 9.84. The largest absolute Gasteiger partial charge is 0.377 e. The summed E-state index contributed by atoms with van der Waals surface area (Å²) in [5.74, 6) is 1.01. The highest BCUT2D eigenvalue weighted by molar-refractivity contribution is 4.88. The average molecular weight is 280 g/mol. The van der Waals surface area contributed by atoms with Crippen LogP contribution in [0.3, 0.4) is 0 Å². The summed E-state index contributed by atoms with van der Waals surface area (Å²) in [5, 5.41) is 3.70. The van der Waals surface area contributed by atoms with Gasteiger partial charge in [0, 0.05) is 31.8 Å². The monoisotopic (exact) mass is 280 g/mol. The summed E-state index contributed by atoms with van der Waals surface area (Å²) in [4.78, 5) is 2.77. The molecule has 3 nitrogen and oxygen atoms in total. The Hall–Kier alpha value is -0.120. The van der Waals surface area contributed by atoms with E-state index < -0.39 is 0 Å². The maximum Gasteiger partial charge on any atom is 0.0726 e. The molecule has 0 bridgehead atoms. The number of rotatable bonds is 6. The van der Waals surface area contributed by atoms with Crippen LogP contribution in [-0.2, 0) is 4.74 Å². The summed E-state index contributed by atoms with van der Waals surface area (Å²) >= 11 is 0. The van der Waals surface area contributed by atoms with Crippen molar-refractivity contribution in [3.05, 3.63) is 0 Å². The summed E-state index contributed by atoms with van der Waals surface area (Å²) < 4.78 is 5.76. The van der Waals surface area contributed by atoms with E-state index in [1.165, 1.54) is 64.5 Å². The van der Waals surface area contributed by atoms with Gasteiger partial charge in [0.2, 0.25) is 0 Å². The molecule has 3 unspecified atom stereocenters. The maximum absolute atomic E-state index is 5.76. The van der Waals surface area contributed by atoms with Crippen molar-refractivity contribution in [3.8, 4) is 0 Å². The molecule has 0 aromatic rings. The van der Waals surface area contributed by atoms with E-state index in [4.69, 9.17) is 4.74 Å². The Morgan fingerprint density at radius 3 is 2.70 bits per heavy atom. The molecule has 0 spiro atoms. The summed E-state index contributed by atoms with van der Waals surface area (Å²) in [5.41, 5.74) is 0. The van der Waals surface area contributed by atoms with Gasteiger partial charge in [-0.2, -0.15) is 0 Å². The van der Waals surface area contributed by atoms with Crippen molar-refractivity contribution in [2.75, 3.05) is 26.2 Å². The smallest absolute Gasteiger partial charge is 0.0726 e. The molecule has 3 heteroatoms. The van der Waals surface area contributed by atoms with Crippen molar-refractivity contribution < 1.29 is 4.74 Å². The fraction of sp³-hybridized carbons (Fsp3) is 1.00. The van der Waals surface area contributed by atoms with Crippen molar-refractivity contribution in [2.45, 2.75) is 76.5 Å². The van der Waals surface area contributed by atoms with E-state index in [-0.39, 0.29) is 0 Å². The molecule has 2 aliphatic heterocycles. The second-order valence-corrected chi connectivity index (χ2v) is 7.08. The zero-order valence-electron chi connectivity index (χ0n) is 13.2. The molecule has 1 N–H and O–H groups in total. The zero-order chi connectivity index (χ0) is 13.8. The number of likely N-dealkylation sites (tertiary alicyclic amines) is 1. The Labute approximate surface area is 124 Å². The second kappa shape index (κ2) is 7.24. The summed E-state index contributed by atoms with van der Waals surface area (Å²) in [6, 6.07) is 1.42. The Bertz CT molecular complexity index is 285. The minimum Gasteiger partial charge on any atom is -0.377 e. The molecule has 2 heterocycles. The molecule has 3 atom stereocenters. The van der Waals surface area contributed by atoms with Crippen molar-refractivity contribution in [1.82, 2.24) is 10.2 Å². The van der Waals surface area contributed by atoms with Gasteiger partial charge in [0.1, 0.15) is 0 Å². The van der Waals surface area contributed by atoms with Gasteiger partial charge in [-0.15, -0.1) is 0 Å². The van der Waals surface area contributed by atoms with Crippen molar-refractivity contribution in [1.29, 1.82) is 0 Å². The maximum atomic E-state index is 5.76. The predicted molar refractivity (Wildman–Crippen MR) is 83.0 cm³/mol. The van der Waals surface area contributed by atoms with E-state index in [2.05, 4.69) is 17.1 Å². The zero-order valence-corrected chi connectivity index (χ0v) is 13.2. The van der Waals surface area contributed by atoms with E-state index >= 15 is 0 Å². The summed E-state index contributed by atoms with van der Waals surface area (Å²) in [6.07, 6.45) is 11.7. The molecule has 3 rings (SSSR count). The standard InChI is InChI=1S/C17H32N2O/c1-14(17-9-5-13-20-17)18-10-12-19-11-4-8-16(19)15-6-2-3-7-15/h14-18H,2-13H2,1H3. The molecule has 116 valence electrons. The Kier molecular flexibility index (Phi) is 5.36. The Morgan fingerprint density at radius 2 is 1.95 bits per heavy atom. The van der Waals surface area contributed by atoms with Gasteiger partial charge in [0.15, 0.2) is 0 Å². The first kappa shape index (κ1) is 14.8. The van der Waals surface area contributed by atoms with Gasteiger partial charge >= 0.3 is 0 Å². The van der Waals surface area contributed by atoms with Crippen LogP contribution >= 0.6 is 0 Å². The fourth-order valence-corrected chi connectivity index (χ4v) is 4.57. The topological polar surface area (TPSA) is 24.5 Å². The lowest BCUT2D eigenvalue weighted by atomic mass is 9.96. The Balaban J connectivity index is 1.38. The number of nitrogens with zero attached hydrogens (tertiary/aromatic N) is 1. The molecule has 1 aliphatic carbocycles. The van der Waals surface area contributed by atoms with Crippen LogP contribution in [0, 0.1) is 5.92 Å². The third-order valence-corrected chi connectivity index (χ3v) is 5.75. The molecule has 0 aromatic carbocycles. The van der Waals surface area contributed by atoms with Crippen LogP contribution in [0.25, 0.3) is 0 Å². The lowest BCUT2D eigenvalue weighted by Gasteiger charge is -2.30. The van der Waals surface area contributed by atoms with Crippen LogP contribution in [0.2, 0.25) is 0 Å². The van der Waals surface area contributed by atoms with E-state index in [0.717, 1.165) is 25.1 Å². The summed E-state index contributed by atoms with van der Waals surface area (Å²) in [7, 11) is 0. The van der Waals surface area contributed by atoms with Gasteiger partial charge in [0.25, 0.3) is 0 Å². The van der Waals surface area contributed by atoms with Crippen molar-refractivity contribution >= 4 is 0 Å². The number of hydrogen-bond acceptors (Lipinski definition) is 3. The van der Waals surface area contributed by atoms with Gasteiger partial charge in [0.05, 0.1) is 6.10 Å². The molecule has 0 aromatic heterocycles. The van der Waals surface area contributed by atoms with E-state index in [1.54, 1.807) is 0 Å². The first-order valence-corrected chi connectivity index (χ1v) is 8.93. The predicted octanol–water partition coefficient (Wildman–Crippen LogP) is 2.80. The first-order valence-electron chi connectivity index (χ1n) is 8.93. The highest BCUT2D eigenvalue weighted by Crippen LogP contribution is 2.35. The highest BCUT2D eigenvalue weighted by atomic mass is 16.5. The average Bonchev–Trinajstić information content (AvgIpc) is 3.20. The molecule has 0 amide bonds. The molecular weight excluding hydrogens is 248 g/mol. The van der Waals surface area contributed by atoms with E-state index in [0.29, 0.717) is 12.1 Å². The van der Waals surface area contributed by atoms with Gasteiger partial charge in [-0.25, -0.2) is 0 Å². The molecule has 3 fully saturated rings. The van der Waals surface area contributed by atoms with Crippen LogP contribution in [0.5, 0.6) is 0 Å². The summed E-state index contributed by atoms with van der Waals surface area (Å²) in [6.45, 7) is 6.95. The third kappa shape index (κ3) is 3.55. The van der Waals surface area contributed by atoms with Crippen LogP contribution in [0.1, 0.15) is 58.3 Å². The van der Waals surface area contributed by atoms with Crippen LogP contribution in [-0.4, -0.2) is 49.3 Å². The number of hydrogen-bond donors (Lipinski definition) is 1. The van der Waals surface area contributed by atoms with E-state index in [1.807, 2.05) is 0 Å². The lowest BCUT2D eigenvalue weighted by molar-refractivity contribution is 0.0818. The third-order valence-electron chi connectivity index (χ3n) is 5.75. The fourth-order valence-electron chi connectivity index (χ4n) is 4.57. The SMILES string of the molecule is CC(NCCN1CCCC1C1CCCC1)C1CCCO1. The van der Waals surface area contributed by atoms with Gasteiger partial charge in [-0.1, -0.05) is 12.8 Å². The second-order valence-electron chi connectivity index (χ2n) is 7.08. The van der Waals surface area contributed by atoms with E-state index in [9.17, 15) is 0 Å². The quantitative estimate of drug-likeness (QED) is 0.810. The van der Waals surface area contributed by atoms with Crippen molar-refractivity contribution in [2.24, 2.45) is 5.92 Å². The highest BCUT2D eigenvalue weighted by Gasteiger charge is 2.32. The molecule has 20 heavy (non-hydrogen) atoms. The van der Waals surface area contributed by atoms with Crippen LogP contribution in [0.15, 0.2) is 0 Å². The molecule has 2 saturated heterocycles. The van der Waals surface area contributed by atoms with Crippen LogP contribution < -0.4 is 5.32 Å². The Morgan fingerprint density at radius 1 is 1.10 bits per heavy atom. The normalized spacial score (nSPS) is 34.0. The number of ether oxygens (including phenoxy) is 1. The van der Waals surface area contributed by atoms with Gasteiger partial charge < -0.3 is 10.1 Å². The van der Waals surface area contributed by atoms with Gasteiger partial charge in [-0.05, 0) is 57.9 Å². The molecule has 1 saturated carbocycles. The lowest BCUT2D eigenvalue weighted by Crippen LogP contribution is -2.43. The van der Waals surface area contributed by atoms with Gasteiger partial charge in [-0.3, -0.25) is 4.90 Å². The molecule has 0 radical (unpaired) electrons. The van der Waals surface area contributed by atoms with Crippen LogP contribution in [0.4, 0.5) is 0 Å². The minimum atomic E-state index is 0.458. The van der Waals surface area contributed by atoms with Crippen molar-refractivity contribution in [3.63, 3.8) is 0 Å². The minimum absolute atomic E-state index is 0.458. The molecule has 3 aliphatic rings. The number of nitrogens with one attached hydrogen (secondary N) is 1.